The molecule has 0 aromatic heterocycles. The zero-order chi connectivity index (χ0) is 28.4. The number of hydrogen-bond donors (Lipinski definition) is 0. The summed E-state index contributed by atoms with van der Waals surface area (Å²) in [5.41, 5.74) is 0. The van der Waals surface area contributed by atoms with E-state index in [0.717, 1.165) is 77.0 Å². The molecule has 6 aliphatic rings. The number of hydrogen-bond acceptors (Lipinski definition) is 12. The van der Waals surface area contributed by atoms with Crippen LogP contribution in [0.2, 0.25) is 0 Å². The lowest BCUT2D eigenvalue weighted by molar-refractivity contribution is -0.301. The molecule has 6 saturated heterocycles. The Morgan fingerprint density at radius 3 is 0.952 bits per heavy atom. The molecule has 0 spiro atoms. The highest BCUT2D eigenvalue weighted by Crippen LogP contribution is 2.31. The van der Waals surface area contributed by atoms with Gasteiger partial charge in [0, 0.05) is 78.2 Å². The van der Waals surface area contributed by atoms with Gasteiger partial charge in [-0.3, -0.25) is 0 Å². The minimum Gasteiger partial charge on any atom is -0.353 e. The Hall–Kier alpha value is -0.480. The highest BCUT2D eigenvalue weighted by atomic mass is 16.8. The van der Waals surface area contributed by atoms with Crippen molar-refractivity contribution in [2.45, 2.75) is 139 Å². The molecular weight excluding hydrogens is 552 g/mol. The highest BCUT2D eigenvalue weighted by Gasteiger charge is 2.45. The molecule has 6 rings (SSSR count). The summed E-state index contributed by atoms with van der Waals surface area (Å²) in [6, 6.07) is 0. The molecule has 0 aromatic rings. The predicted molar refractivity (Wildman–Crippen MR) is 145 cm³/mol. The summed E-state index contributed by atoms with van der Waals surface area (Å²) in [7, 11) is 0. The molecule has 10 atom stereocenters. The Morgan fingerprint density at radius 1 is 0.381 bits per heavy atom. The normalized spacial score (nSPS) is 36.6. The molecule has 242 valence electrons. The van der Waals surface area contributed by atoms with Crippen molar-refractivity contribution in [3.63, 3.8) is 0 Å². The average Bonchev–Trinajstić information content (AvgIpc) is 3.86. The fraction of sp³-hybridized carbons (Fsp3) is 1.00. The zero-order valence-electron chi connectivity index (χ0n) is 24.8. The molecule has 6 fully saturated rings. The number of rotatable bonds is 17. The lowest BCUT2D eigenvalue weighted by Gasteiger charge is -2.40. The van der Waals surface area contributed by atoms with Crippen molar-refractivity contribution in [1.82, 2.24) is 0 Å². The van der Waals surface area contributed by atoms with Crippen molar-refractivity contribution in [3.05, 3.63) is 0 Å². The average molecular weight is 603 g/mol. The lowest BCUT2D eigenvalue weighted by atomic mass is 10.0. The highest BCUT2D eigenvalue weighted by molar-refractivity contribution is 4.89. The molecule has 6 heterocycles. The van der Waals surface area contributed by atoms with E-state index in [-0.39, 0.29) is 38.4 Å². The summed E-state index contributed by atoms with van der Waals surface area (Å²) in [4.78, 5) is 0. The zero-order valence-corrected chi connectivity index (χ0v) is 24.8. The first kappa shape index (κ1) is 31.5. The van der Waals surface area contributed by atoms with Gasteiger partial charge in [-0.1, -0.05) is 0 Å². The Labute approximate surface area is 249 Å². The molecule has 0 bridgehead atoms. The van der Waals surface area contributed by atoms with E-state index >= 15 is 0 Å². The SMILES string of the molecule is C1COC(OCC(OC2CCCO2)C(OC2CCCO2)C(OC2CCCO2)C(COC2CCCO2)OC2CCCO2)C1. The van der Waals surface area contributed by atoms with Crippen LogP contribution in [0.3, 0.4) is 0 Å². The molecule has 6 aliphatic heterocycles. The Balaban J connectivity index is 1.27. The van der Waals surface area contributed by atoms with Gasteiger partial charge in [-0.05, 0) is 38.5 Å². The third-order valence-corrected chi connectivity index (χ3v) is 8.55. The van der Waals surface area contributed by atoms with Crippen molar-refractivity contribution in [3.8, 4) is 0 Å². The summed E-state index contributed by atoms with van der Waals surface area (Å²) in [6.45, 7) is 4.50. The standard InChI is InChI=1S/C30H50O12/c1-7-23(31-13-1)37-19-21(39-25-9-3-15-33-25)29(41-27-11-5-17-35-27)30(42-28-12-6-18-36-28)22(40-26-10-4-16-34-26)20-38-24-8-2-14-32-24/h21-30H,1-20H2. The summed E-state index contributed by atoms with van der Waals surface area (Å²) in [5, 5.41) is 0. The molecule has 0 aromatic carbocycles. The predicted octanol–water partition coefficient (Wildman–Crippen LogP) is 3.38. The maximum atomic E-state index is 6.78. The van der Waals surface area contributed by atoms with Crippen LogP contribution in [-0.4, -0.2) is 115 Å². The smallest absolute Gasteiger partial charge is 0.158 e. The van der Waals surface area contributed by atoms with Gasteiger partial charge in [0.25, 0.3) is 0 Å². The summed E-state index contributed by atoms with van der Waals surface area (Å²) in [5.74, 6) is 0. The molecule has 0 amide bonds. The maximum Gasteiger partial charge on any atom is 0.158 e. The molecule has 0 radical (unpaired) electrons. The van der Waals surface area contributed by atoms with Crippen molar-refractivity contribution < 1.29 is 56.8 Å². The number of ether oxygens (including phenoxy) is 12. The van der Waals surface area contributed by atoms with Crippen LogP contribution in [-0.2, 0) is 56.8 Å². The fourth-order valence-corrected chi connectivity index (χ4v) is 6.30. The minimum atomic E-state index is -0.637. The van der Waals surface area contributed by atoms with E-state index in [9.17, 15) is 0 Å². The Morgan fingerprint density at radius 2 is 0.667 bits per heavy atom. The molecular formula is C30H50O12. The molecule has 42 heavy (non-hydrogen) atoms. The van der Waals surface area contributed by atoms with E-state index in [0.29, 0.717) is 39.6 Å². The van der Waals surface area contributed by atoms with Gasteiger partial charge in [0.15, 0.2) is 37.7 Å². The van der Waals surface area contributed by atoms with Gasteiger partial charge in [-0.15, -0.1) is 0 Å². The first-order chi connectivity index (χ1) is 20.8. The molecule has 12 heteroatoms. The van der Waals surface area contributed by atoms with Crippen LogP contribution in [0, 0.1) is 0 Å². The van der Waals surface area contributed by atoms with Crippen molar-refractivity contribution in [2.24, 2.45) is 0 Å². The Bertz CT molecular complexity index is 677. The third kappa shape index (κ3) is 9.27. The monoisotopic (exact) mass is 602 g/mol. The van der Waals surface area contributed by atoms with E-state index in [1.165, 1.54) is 0 Å². The van der Waals surface area contributed by atoms with Gasteiger partial charge < -0.3 is 56.8 Å². The van der Waals surface area contributed by atoms with Crippen molar-refractivity contribution in [1.29, 1.82) is 0 Å². The lowest BCUT2D eigenvalue weighted by Crippen LogP contribution is -2.56. The van der Waals surface area contributed by atoms with Crippen molar-refractivity contribution >= 4 is 0 Å². The van der Waals surface area contributed by atoms with Crippen LogP contribution in [0.25, 0.3) is 0 Å². The quantitative estimate of drug-likeness (QED) is 0.243. The van der Waals surface area contributed by atoms with Crippen LogP contribution in [0.1, 0.15) is 77.0 Å². The van der Waals surface area contributed by atoms with E-state index < -0.39 is 37.0 Å². The van der Waals surface area contributed by atoms with E-state index in [1.54, 1.807) is 0 Å². The first-order valence-electron chi connectivity index (χ1n) is 16.3. The fourth-order valence-electron chi connectivity index (χ4n) is 6.30. The second kappa shape index (κ2) is 16.7. The van der Waals surface area contributed by atoms with Gasteiger partial charge in [0.05, 0.1) is 13.2 Å². The van der Waals surface area contributed by atoms with Crippen LogP contribution < -0.4 is 0 Å². The summed E-state index contributed by atoms with van der Waals surface area (Å²) >= 11 is 0. The minimum absolute atomic E-state index is 0.243. The van der Waals surface area contributed by atoms with Gasteiger partial charge >= 0.3 is 0 Å². The molecule has 10 unspecified atom stereocenters. The molecule has 0 N–H and O–H groups in total. The summed E-state index contributed by atoms with van der Waals surface area (Å²) in [6.07, 6.45) is 6.12. The second-order valence-electron chi connectivity index (χ2n) is 11.9. The van der Waals surface area contributed by atoms with Gasteiger partial charge in [-0.2, -0.15) is 0 Å². The molecule has 12 nitrogen and oxygen atoms in total. The van der Waals surface area contributed by atoms with Crippen LogP contribution in [0.4, 0.5) is 0 Å². The summed E-state index contributed by atoms with van der Waals surface area (Å²) < 4.78 is 74.7. The van der Waals surface area contributed by atoms with E-state index in [2.05, 4.69) is 0 Å². The topological polar surface area (TPSA) is 111 Å². The van der Waals surface area contributed by atoms with Gasteiger partial charge in [-0.25, -0.2) is 0 Å². The molecule has 0 saturated carbocycles. The first-order valence-corrected chi connectivity index (χ1v) is 16.3. The van der Waals surface area contributed by atoms with Crippen LogP contribution >= 0.6 is 0 Å². The van der Waals surface area contributed by atoms with Gasteiger partial charge in [0.2, 0.25) is 0 Å². The van der Waals surface area contributed by atoms with Crippen LogP contribution in [0.5, 0.6) is 0 Å². The second-order valence-corrected chi connectivity index (χ2v) is 11.9. The third-order valence-electron chi connectivity index (χ3n) is 8.55. The molecule has 0 aliphatic carbocycles. The van der Waals surface area contributed by atoms with E-state index in [4.69, 9.17) is 56.8 Å². The van der Waals surface area contributed by atoms with Gasteiger partial charge in [0.1, 0.15) is 24.4 Å². The van der Waals surface area contributed by atoms with Crippen LogP contribution in [0.15, 0.2) is 0 Å². The Kier molecular flexibility index (Phi) is 12.5. The largest absolute Gasteiger partial charge is 0.353 e. The van der Waals surface area contributed by atoms with Crippen molar-refractivity contribution in [2.75, 3.05) is 52.9 Å². The van der Waals surface area contributed by atoms with E-state index in [1.807, 2.05) is 0 Å². The maximum absolute atomic E-state index is 6.78.